The van der Waals surface area contributed by atoms with Crippen LogP contribution in [-0.4, -0.2) is 75.8 Å². The lowest BCUT2D eigenvalue weighted by atomic mass is 10.2. The topological polar surface area (TPSA) is 54.0 Å². The molecule has 0 saturated heterocycles. The summed E-state index contributed by atoms with van der Waals surface area (Å²) in [5.74, 6) is 0. The second-order valence-corrected chi connectivity index (χ2v) is 5.15. The molecular weight excluding hydrogens is 232 g/mol. The van der Waals surface area contributed by atoms with Crippen LogP contribution in [0.2, 0.25) is 0 Å². The molecule has 0 radical (unpaired) electrons. The van der Waals surface area contributed by atoms with Crippen LogP contribution in [0.25, 0.3) is 0 Å². The number of ether oxygens (including phenoxy) is 2. The van der Waals surface area contributed by atoms with Crippen LogP contribution in [0.15, 0.2) is 0 Å². The van der Waals surface area contributed by atoms with Crippen LogP contribution in [0, 0.1) is 0 Å². The number of aliphatic hydroxyl groups excluding tert-OH is 1. The molecule has 3 atom stereocenters. The zero-order valence-corrected chi connectivity index (χ0v) is 12.5. The van der Waals surface area contributed by atoms with Crippen molar-refractivity contribution < 1.29 is 14.6 Å². The van der Waals surface area contributed by atoms with E-state index in [1.54, 1.807) is 7.11 Å². The minimum Gasteiger partial charge on any atom is -0.389 e. The highest BCUT2D eigenvalue weighted by atomic mass is 16.5. The molecule has 18 heavy (non-hydrogen) atoms. The van der Waals surface area contributed by atoms with Gasteiger partial charge in [0.1, 0.15) is 0 Å². The number of rotatable bonds is 11. The summed E-state index contributed by atoms with van der Waals surface area (Å²) in [6.45, 7) is 6.57. The largest absolute Gasteiger partial charge is 0.389 e. The van der Waals surface area contributed by atoms with Crippen LogP contribution in [-0.2, 0) is 9.47 Å². The summed E-state index contributed by atoms with van der Waals surface area (Å²) in [4.78, 5) is 2.16. The summed E-state index contributed by atoms with van der Waals surface area (Å²) in [7, 11) is 5.77. The van der Waals surface area contributed by atoms with E-state index in [0.717, 1.165) is 13.0 Å². The molecule has 0 rings (SSSR count). The first-order chi connectivity index (χ1) is 8.45. The Bertz CT molecular complexity index is 191. The van der Waals surface area contributed by atoms with E-state index in [-0.39, 0.29) is 6.10 Å². The van der Waals surface area contributed by atoms with Gasteiger partial charge in [-0.25, -0.2) is 0 Å². The molecule has 0 amide bonds. The fraction of sp³-hybridized carbons (Fsp3) is 1.00. The first-order valence-corrected chi connectivity index (χ1v) is 6.62. The smallest absolute Gasteiger partial charge is 0.0897 e. The minimum absolute atomic E-state index is 0.0239. The second-order valence-electron chi connectivity index (χ2n) is 5.15. The van der Waals surface area contributed by atoms with E-state index < -0.39 is 6.10 Å². The molecule has 0 saturated carbocycles. The van der Waals surface area contributed by atoms with Crippen LogP contribution in [0.4, 0.5) is 0 Å². The molecule has 0 aromatic carbocycles. The Morgan fingerprint density at radius 1 is 1.22 bits per heavy atom. The van der Waals surface area contributed by atoms with Gasteiger partial charge in [0.05, 0.1) is 25.4 Å². The van der Waals surface area contributed by atoms with E-state index in [1.807, 2.05) is 6.92 Å². The fourth-order valence-corrected chi connectivity index (χ4v) is 1.51. The summed E-state index contributed by atoms with van der Waals surface area (Å²) >= 11 is 0. The second kappa shape index (κ2) is 10.7. The predicted octanol–water partition coefficient (Wildman–Crippen LogP) is 0.329. The first kappa shape index (κ1) is 17.8. The van der Waals surface area contributed by atoms with Crippen molar-refractivity contribution in [3.8, 4) is 0 Å². The lowest BCUT2D eigenvalue weighted by molar-refractivity contribution is -0.0315. The zero-order valence-electron chi connectivity index (χ0n) is 12.5. The van der Waals surface area contributed by atoms with E-state index >= 15 is 0 Å². The van der Waals surface area contributed by atoms with E-state index in [1.165, 1.54) is 0 Å². The molecule has 0 fully saturated rings. The lowest BCUT2D eigenvalue weighted by Gasteiger charge is -2.20. The summed E-state index contributed by atoms with van der Waals surface area (Å²) in [5.41, 5.74) is 0. The SMILES string of the molecule is COCC(C)OCC(O)CNC(C)CCN(C)C. The molecule has 5 heteroatoms. The fourth-order valence-electron chi connectivity index (χ4n) is 1.51. The van der Waals surface area contributed by atoms with Crippen molar-refractivity contribution in [2.75, 3.05) is 47.5 Å². The summed E-state index contributed by atoms with van der Waals surface area (Å²) in [5, 5.41) is 13.1. The third-order valence-electron chi connectivity index (χ3n) is 2.69. The van der Waals surface area contributed by atoms with E-state index in [2.05, 4.69) is 31.2 Å². The van der Waals surface area contributed by atoms with Crippen molar-refractivity contribution in [3.05, 3.63) is 0 Å². The normalized spacial score (nSPS) is 16.8. The number of methoxy groups -OCH3 is 1. The van der Waals surface area contributed by atoms with E-state index in [0.29, 0.717) is 25.8 Å². The maximum Gasteiger partial charge on any atom is 0.0897 e. The Kier molecular flexibility index (Phi) is 10.6. The Morgan fingerprint density at radius 3 is 2.44 bits per heavy atom. The van der Waals surface area contributed by atoms with Crippen molar-refractivity contribution in [3.63, 3.8) is 0 Å². The molecule has 3 unspecified atom stereocenters. The summed E-state index contributed by atoms with van der Waals surface area (Å²) in [6.07, 6.45) is 0.627. The summed E-state index contributed by atoms with van der Waals surface area (Å²) < 4.78 is 10.4. The van der Waals surface area contributed by atoms with Gasteiger partial charge in [0.15, 0.2) is 0 Å². The van der Waals surface area contributed by atoms with Gasteiger partial charge in [0, 0.05) is 19.7 Å². The predicted molar refractivity (Wildman–Crippen MR) is 73.9 cm³/mol. The molecule has 0 spiro atoms. The van der Waals surface area contributed by atoms with E-state index in [4.69, 9.17) is 9.47 Å². The van der Waals surface area contributed by atoms with Crippen molar-refractivity contribution in [2.45, 2.75) is 38.5 Å². The van der Waals surface area contributed by atoms with Gasteiger partial charge in [0.25, 0.3) is 0 Å². The molecule has 110 valence electrons. The van der Waals surface area contributed by atoms with Crippen molar-refractivity contribution >= 4 is 0 Å². The average Bonchev–Trinajstić information content (AvgIpc) is 2.31. The van der Waals surface area contributed by atoms with Crippen LogP contribution < -0.4 is 5.32 Å². The lowest BCUT2D eigenvalue weighted by Crippen LogP contribution is -2.38. The molecule has 0 aliphatic heterocycles. The highest BCUT2D eigenvalue weighted by molar-refractivity contribution is 4.66. The van der Waals surface area contributed by atoms with Gasteiger partial charge in [-0.2, -0.15) is 0 Å². The Hall–Kier alpha value is -0.200. The molecule has 0 aliphatic rings. The molecule has 0 aromatic rings. The molecule has 0 heterocycles. The molecule has 0 bridgehead atoms. The standard InChI is InChI=1S/C13H30N2O3/c1-11(6-7-15(3)4)14-8-13(16)10-18-12(2)9-17-5/h11-14,16H,6-10H2,1-5H3. The molecule has 2 N–H and O–H groups in total. The third-order valence-corrected chi connectivity index (χ3v) is 2.69. The van der Waals surface area contributed by atoms with Gasteiger partial charge < -0.3 is 24.8 Å². The number of aliphatic hydroxyl groups is 1. The van der Waals surface area contributed by atoms with Gasteiger partial charge in [0.2, 0.25) is 0 Å². The van der Waals surface area contributed by atoms with E-state index in [9.17, 15) is 5.11 Å². The first-order valence-electron chi connectivity index (χ1n) is 6.62. The Labute approximate surface area is 111 Å². The van der Waals surface area contributed by atoms with Crippen LogP contribution in [0.5, 0.6) is 0 Å². The van der Waals surface area contributed by atoms with Gasteiger partial charge in [-0.05, 0) is 40.9 Å². The summed E-state index contributed by atoms with van der Waals surface area (Å²) in [6, 6.07) is 0.401. The number of nitrogens with zero attached hydrogens (tertiary/aromatic N) is 1. The molecule has 0 aliphatic carbocycles. The van der Waals surface area contributed by atoms with Crippen LogP contribution in [0.1, 0.15) is 20.3 Å². The van der Waals surface area contributed by atoms with Gasteiger partial charge in [-0.1, -0.05) is 0 Å². The number of hydrogen-bond acceptors (Lipinski definition) is 5. The highest BCUT2D eigenvalue weighted by Crippen LogP contribution is 1.96. The number of hydrogen-bond donors (Lipinski definition) is 2. The van der Waals surface area contributed by atoms with Gasteiger partial charge in [-0.3, -0.25) is 0 Å². The quantitative estimate of drug-likeness (QED) is 0.562. The third kappa shape index (κ3) is 10.9. The zero-order chi connectivity index (χ0) is 14.0. The Balaban J connectivity index is 3.54. The van der Waals surface area contributed by atoms with Crippen molar-refractivity contribution in [1.82, 2.24) is 10.2 Å². The van der Waals surface area contributed by atoms with Crippen LogP contribution >= 0.6 is 0 Å². The molecule has 0 aromatic heterocycles. The van der Waals surface area contributed by atoms with Crippen molar-refractivity contribution in [2.24, 2.45) is 0 Å². The molecular formula is C13H30N2O3. The minimum atomic E-state index is -0.467. The highest BCUT2D eigenvalue weighted by Gasteiger charge is 2.09. The van der Waals surface area contributed by atoms with Gasteiger partial charge in [-0.15, -0.1) is 0 Å². The van der Waals surface area contributed by atoms with Gasteiger partial charge >= 0.3 is 0 Å². The maximum atomic E-state index is 9.75. The monoisotopic (exact) mass is 262 g/mol. The van der Waals surface area contributed by atoms with Crippen molar-refractivity contribution in [1.29, 1.82) is 0 Å². The Morgan fingerprint density at radius 2 is 1.89 bits per heavy atom. The average molecular weight is 262 g/mol. The van der Waals surface area contributed by atoms with Crippen LogP contribution in [0.3, 0.4) is 0 Å². The number of nitrogens with one attached hydrogen (secondary N) is 1. The molecule has 5 nitrogen and oxygen atoms in total. The maximum absolute atomic E-state index is 9.75.